The number of likely N-dealkylation sites (N-methyl/N-ethyl adjacent to an activating group) is 1. The van der Waals surface area contributed by atoms with E-state index in [0.717, 1.165) is 32.4 Å². The van der Waals surface area contributed by atoms with Crippen molar-refractivity contribution < 1.29 is 29.5 Å². The Kier molecular flexibility index (Phi) is 3.48. The van der Waals surface area contributed by atoms with E-state index >= 15 is 0 Å². The summed E-state index contributed by atoms with van der Waals surface area (Å²) in [5.74, 6) is -0.00805. The number of likely N-dealkylation sites (tertiary alicyclic amines) is 1. The minimum Gasteiger partial charge on any atom is -0.392 e. The molecule has 0 radical (unpaired) electrons. The van der Waals surface area contributed by atoms with E-state index in [1.54, 1.807) is 7.11 Å². The first kappa shape index (κ1) is 19.2. The molecule has 13 atom stereocenters. The van der Waals surface area contributed by atoms with E-state index in [2.05, 4.69) is 18.7 Å². The third-order valence-corrected chi connectivity index (χ3v) is 11.3. The van der Waals surface area contributed by atoms with Gasteiger partial charge in [0.1, 0.15) is 18.0 Å². The van der Waals surface area contributed by atoms with Crippen LogP contribution in [0.4, 0.5) is 0 Å². The molecule has 0 aromatic heterocycles. The Balaban J connectivity index is 1.57. The minimum absolute atomic E-state index is 0.0392. The largest absolute Gasteiger partial charge is 0.392 e. The lowest BCUT2D eigenvalue weighted by Crippen LogP contribution is -2.80. The summed E-state index contributed by atoms with van der Waals surface area (Å²) in [6, 6.07) is -0.0938. The summed E-state index contributed by atoms with van der Waals surface area (Å²) in [5.41, 5.74) is -2.24. The van der Waals surface area contributed by atoms with Gasteiger partial charge in [0.2, 0.25) is 0 Å². The Morgan fingerprint density at radius 1 is 1.20 bits per heavy atom. The molecule has 3 spiro atoms. The maximum absolute atomic E-state index is 12.2. The number of fused-ring (bicyclic) bond motifs is 1. The average Bonchev–Trinajstić information content (AvgIpc) is 3.27. The number of aliphatic hydroxyl groups excluding tert-OH is 3. The van der Waals surface area contributed by atoms with Crippen LogP contribution in [-0.4, -0.2) is 88.9 Å². The standard InChI is InChI=1S/C23H35NO6/c1-4-24-9-20(2)6-5-14(25)22-12-7-11-13(28-3)8-21(15(12)16(11)26)23(19(22)24,30-10-29-21)18(27)17(20)22/h11-19,25-27H,4-10H2,1-3H3/t11-,12-,13+,14+,15-,16+,17-,18+,19+,20+,21-,22+,23-/m1/s1. The van der Waals surface area contributed by atoms with Gasteiger partial charge in [0.25, 0.3) is 0 Å². The van der Waals surface area contributed by atoms with Crippen LogP contribution in [0, 0.1) is 34.5 Å². The highest BCUT2D eigenvalue weighted by atomic mass is 16.7. The zero-order chi connectivity index (χ0) is 20.8. The minimum atomic E-state index is -0.926. The molecule has 3 N–H and O–H groups in total. The fourth-order valence-electron chi connectivity index (χ4n) is 10.9. The number of ether oxygens (including phenoxy) is 3. The second-order valence-corrected chi connectivity index (χ2v) is 11.7. The summed E-state index contributed by atoms with van der Waals surface area (Å²) < 4.78 is 19.0. The van der Waals surface area contributed by atoms with E-state index in [4.69, 9.17) is 14.2 Å². The summed E-state index contributed by atoms with van der Waals surface area (Å²) in [4.78, 5) is 2.49. The van der Waals surface area contributed by atoms with E-state index in [1.165, 1.54) is 0 Å². The number of hydrogen-bond donors (Lipinski definition) is 3. The lowest BCUT2D eigenvalue weighted by Gasteiger charge is -2.69. The van der Waals surface area contributed by atoms with Gasteiger partial charge < -0.3 is 29.5 Å². The van der Waals surface area contributed by atoms with Crippen LogP contribution < -0.4 is 0 Å². The first-order valence-corrected chi connectivity index (χ1v) is 11.9. The molecule has 7 aliphatic rings. The molecule has 168 valence electrons. The highest BCUT2D eigenvalue weighted by Gasteiger charge is 2.92. The Labute approximate surface area is 177 Å². The second-order valence-electron chi connectivity index (χ2n) is 11.7. The average molecular weight is 422 g/mol. The monoisotopic (exact) mass is 421 g/mol. The Hall–Kier alpha value is -0.280. The highest BCUT2D eigenvalue weighted by molar-refractivity contribution is 5.42. The Morgan fingerprint density at radius 2 is 2.00 bits per heavy atom. The van der Waals surface area contributed by atoms with Gasteiger partial charge >= 0.3 is 0 Å². The number of methoxy groups -OCH3 is 1. The van der Waals surface area contributed by atoms with E-state index < -0.39 is 34.9 Å². The van der Waals surface area contributed by atoms with Gasteiger partial charge in [0, 0.05) is 43.2 Å². The molecule has 5 aliphatic carbocycles. The molecule has 0 aromatic rings. The van der Waals surface area contributed by atoms with Gasteiger partial charge in [-0.25, -0.2) is 0 Å². The van der Waals surface area contributed by atoms with Gasteiger partial charge in [0.05, 0.1) is 30.5 Å². The van der Waals surface area contributed by atoms with E-state index in [9.17, 15) is 15.3 Å². The molecule has 5 saturated carbocycles. The van der Waals surface area contributed by atoms with Gasteiger partial charge in [0.15, 0.2) is 0 Å². The summed E-state index contributed by atoms with van der Waals surface area (Å²) in [6.45, 7) is 6.40. The van der Waals surface area contributed by atoms with Crippen molar-refractivity contribution in [2.45, 2.75) is 81.2 Å². The van der Waals surface area contributed by atoms with Crippen molar-refractivity contribution in [2.75, 3.05) is 27.0 Å². The molecular formula is C23H35NO6. The molecule has 2 heterocycles. The smallest absolute Gasteiger partial charge is 0.148 e. The van der Waals surface area contributed by atoms with Gasteiger partial charge in [-0.3, -0.25) is 4.90 Å². The fraction of sp³-hybridized carbons (Fsp3) is 1.00. The Morgan fingerprint density at radius 3 is 2.73 bits per heavy atom. The number of rotatable bonds is 2. The number of aliphatic hydroxyl groups is 3. The van der Waals surface area contributed by atoms with Crippen LogP contribution in [0.25, 0.3) is 0 Å². The van der Waals surface area contributed by atoms with Crippen LogP contribution in [0.3, 0.4) is 0 Å². The van der Waals surface area contributed by atoms with Gasteiger partial charge in [-0.1, -0.05) is 13.8 Å². The quantitative estimate of drug-likeness (QED) is 0.593. The molecular weight excluding hydrogens is 386 g/mol. The molecule has 2 aliphatic heterocycles. The van der Waals surface area contributed by atoms with Crippen LogP contribution in [0.15, 0.2) is 0 Å². The third-order valence-electron chi connectivity index (χ3n) is 11.3. The molecule has 7 nitrogen and oxygen atoms in total. The first-order valence-electron chi connectivity index (χ1n) is 11.9. The number of nitrogens with zero attached hydrogens (tertiary/aromatic N) is 1. The predicted molar refractivity (Wildman–Crippen MR) is 105 cm³/mol. The summed E-state index contributed by atoms with van der Waals surface area (Å²) >= 11 is 0. The van der Waals surface area contributed by atoms with Crippen LogP contribution in [0.2, 0.25) is 0 Å². The lowest BCUT2D eigenvalue weighted by molar-refractivity contribution is -0.278. The molecule has 7 bridgehead atoms. The van der Waals surface area contributed by atoms with Crippen molar-refractivity contribution in [3.8, 4) is 0 Å². The van der Waals surface area contributed by atoms with E-state index in [-0.39, 0.29) is 48.0 Å². The van der Waals surface area contributed by atoms with Crippen molar-refractivity contribution >= 4 is 0 Å². The Bertz CT molecular complexity index is 796. The van der Waals surface area contributed by atoms with Crippen molar-refractivity contribution in [2.24, 2.45) is 34.5 Å². The normalized spacial score (nSPS) is 67.6. The summed E-state index contributed by atoms with van der Waals surface area (Å²) in [7, 11) is 1.72. The lowest BCUT2D eigenvalue weighted by atomic mass is 9.43. The van der Waals surface area contributed by atoms with Crippen LogP contribution in [0.5, 0.6) is 0 Å². The van der Waals surface area contributed by atoms with Gasteiger partial charge in [-0.05, 0) is 37.1 Å². The fourth-order valence-corrected chi connectivity index (χ4v) is 10.9. The molecule has 2 saturated heterocycles. The van der Waals surface area contributed by atoms with Gasteiger partial charge in [-0.15, -0.1) is 0 Å². The predicted octanol–water partition coefficient (Wildman–Crippen LogP) is 0.356. The van der Waals surface area contributed by atoms with Crippen LogP contribution >= 0.6 is 0 Å². The van der Waals surface area contributed by atoms with E-state index in [1.807, 2.05) is 0 Å². The summed E-state index contributed by atoms with van der Waals surface area (Å²) in [6.07, 6.45) is 1.27. The molecule has 0 amide bonds. The van der Waals surface area contributed by atoms with Crippen molar-refractivity contribution in [1.82, 2.24) is 4.90 Å². The highest BCUT2D eigenvalue weighted by Crippen LogP contribution is 2.81. The zero-order valence-corrected chi connectivity index (χ0v) is 18.2. The SMILES string of the molecule is CCN1C[C@]2(C)CC[C@H](O)[C@@]34[C@@H]5C[C@H]6[C@H](O)[C@@H]5[C@@]5(C[C@@H]6OC)OCO[C@]5([C@@H](O)[C@H]23)[C@@H]14. The molecule has 0 unspecified atom stereocenters. The molecule has 30 heavy (non-hydrogen) atoms. The number of piperidine rings is 1. The maximum Gasteiger partial charge on any atom is 0.148 e. The molecule has 0 aromatic carbocycles. The topological polar surface area (TPSA) is 91.6 Å². The van der Waals surface area contributed by atoms with Crippen molar-refractivity contribution in [3.63, 3.8) is 0 Å². The summed E-state index contributed by atoms with van der Waals surface area (Å²) in [5, 5.41) is 35.5. The molecule has 7 heteroatoms. The third kappa shape index (κ3) is 1.56. The zero-order valence-electron chi connectivity index (χ0n) is 18.2. The number of hydrogen-bond acceptors (Lipinski definition) is 7. The van der Waals surface area contributed by atoms with Crippen LogP contribution in [-0.2, 0) is 14.2 Å². The second kappa shape index (κ2) is 5.44. The van der Waals surface area contributed by atoms with Gasteiger partial charge in [-0.2, -0.15) is 0 Å². The van der Waals surface area contributed by atoms with Crippen molar-refractivity contribution in [1.29, 1.82) is 0 Å². The first-order chi connectivity index (χ1) is 14.3. The van der Waals surface area contributed by atoms with Crippen molar-refractivity contribution in [3.05, 3.63) is 0 Å². The molecule has 7 fully saturated rings. The maximum atomic E-state index is 12.2. The molecule has 7 rings (SSSR count). The van der Waals surface area contributed by atoms with E-state index in [0.29, 0.717) is 6.42 Å². The van der Waals surface area contributed by atoms with Crippen LogP contribution in [0.1, 0.15) is 39.5 Å².